The van der Waals surface area contributed by atoms with Crippen LogP contribution in [0.4, 0.5) is 4.79 Å². The van der Waals surface area contributed by atoms with Crippen LogP contribution in [0.3, 0.4) is 0 Å². The molecule has 5 saturated carbocycles. The second kappa shape index (κ2) is 1.74. The minimum absolute atomic E-state index is 0.0145. The standard InChI is InChI=1S/C13H14N2O2/c1-5-6-4-12-7(5)8-11(6,2)13(8,12)9(16)14-10(17)15(12)3/h6-8H,1,4H2,2-3H3,(H,14,16,17). The van der Waals surface area contributed by atoms with Crippen LogP contribution < -0.4 is 5.32 Å². The molecular formula is C13H14N2O2. The molecule has 3 bridgehead atoms. The third-order valence-electron chi connectivity index (χ3n) is 6.98. The van der Waals surface area contributed by atoms with Gasteiger partial charge in [-0.2, -0.15) is 0 Å². The van der Waals surface area contributed by atoms with Gasteiger partial charge in [-0.05, 0) is 23.7 Å². The van der Waals surface area contributed by atoms with E-state index in [4.69, 9.17) is 0 Å². The van der Waals surface area contributed by atoms with Gasteiger partial charge in [0.2, 0.25) is 5.91 Å². The van der Waals surface area contributed by atoms with Gasteiger partial charge in [0.15, 0.2) is 0 Å². The van der Waals surface area contributed by atoms with Crippen molar-refractivity contribution in [1.29, 1.82) is 0 Å². The maximum absolute atomic E-state index is 12.3. The number of nitrogens with zero attached hydrogens (tertiary/aromatic N) is 1. The van der Waals surface area contributed by atoms with Crippen LogP contribution in [0.25, 0.3) is 0 Å². The van der Waals surface area contributed by atoms with Gasteiger partial charge in [0, 0.05) is 13.0 Å². The lowest BCUT2D eigenvalue weighted by molar-refractivity contribution is -0.148. The van der Waals surface area contributed by atoms with E-state index in [9.17, 15) is 9.59 Å². The number of imide groups is 1. The molecule has 6 unspecified atom stereocenters. The molecule has 1 N–H and O–H groups in total. The van der Waals surface area contributed by atoms with Crippen LogP contribution >= 0.6 is 0 Å². The quantitative estimate of drug-likeness (QED) is 0.624. The number of amides is 3. The number of hydrogen-bond donors (Lipinski definition) is 1. The summed E-state index contributed by atoms with van der Waals surface area (Å²) in [6, 6.07) is -0.228. The van der Waals surface area contributed by atoms with Crippen molar-refractivity contribution < 1.29 is 9.59 Å². The van der Waals surface area contributed by atoms with Crippen molar-refractivity contribution in [3.8, 4) is 0 Å². The maximum Gasteiger partial charge on any atom is 0.324 e. The first-order valence-corrected chi connectivity index (χ1v) is 6.23. The van der Waals surface area contributed by atoms with Crippen LogP contribution in [0.5, 0.6) is 0 Å². The number of urea groups is 1. The summed E-state index contributed by atoms with van der Waals surface area (Å²) in [5.74, 6) is 1.28. The van der Waals surface area contributed by atoms with Crippen LogP contribution in [0.1, 0.15) is 13.3 Å². The molecule has 88 valence electrons. The Labute approximate surface area is 99.0 Å². The lowest BCUT2D eigenvalue weighted by Crippen LogP contribution is -2.75. The molecule has 4 heteroatoms. The van der Waals surface area contributed by atoms with E-state index in [-0.39, 0.29) is 28.3 Å². The van der Waals surface area contributed by atoms with Crippen LogP contribution in [0.2, 0.25) is 0 Å². The van der Waals surface area contributed by atoms with Crippen LogP contribution in [-0.2, 0) is 4.79 Å². The van der Waals surface area contributed by atoms with E-state index in [1.807, 2.05) is 7.05 Å². The van der Waals surface area contributed by atoms with Crippen molar-refractivity contribution in [3.63, 3.8) is 0 Å². The van der Waals surface area contributed by atoms with E-state index in [0.29, 0.717) is 17.8 Å². The Hall–Kier alpha value is -1.32. The highest BCUT2D eigenvalue weighted by Crippen LogP contribution is 3.02. The summed E-state index contributed by atoms with van der Waals surface area (Å²) in [6.07, 6.45) is 0.958. The Morgan fingerprint density at radius 3 is 2.76 bits per heavy atom. The smallest absolute Gasteiger partial charge is 0.320 e. The molecule has 1 saturated heterocycles. The van der Waals surface area contributed by atoms with Gasteiger partial charge in [-0.15, -0.1) is 0 Å². The second-order valence-electron chi connectivity index (χ2n) is 6.62. The molecule has 3 amide bonds. The normalized spacial score (nSPS) is 64.5. The number of carbonyl (C=O) groups is 2. The average Bonchev–Trinajstić information content (AvgIpc) is 2.42. The fraction of sp³-hybridized carbons (Fsp3) is 0.692. The van der Waals surface area contributed by atoms with Gasteiger partial charge in [-0.25, -0.2) is 4.79 Å². The van der Waals surface area contributed by atoms with Gasteiger partial charge in [0.05, 0.1) is 11.0 Å². The highest BCUT2D eigenvalue weighted by atomic mass is 16.2. The lowest BCUT2D eigenvalue weighted by Gasteiger charge is -2.58. The van der Waals surface area contributed by atoms with Gasteiger partial charge in [0.25, 0.3) is 0 Å². The third kappa shape index (κ3) is 0.412. The van der Waals surface area contributed by atoms with E-state index < -0.39 is 0 Å². The molecule has 0 aromatic heterocycles. The first kappa shape index (κ1) is 8.72. The number of carbonyl (C=O) groups excluding carboxylic acids is 2. The molecule has 1 heterocycles. The van der Waals surface area contributed by atoms with E-state index in [1.165, 1.54) is 5.57 Å². The van der Waals surface area contributed by atoms with Crippen molar-refractivity contribution in [1.82, 2.24) is 10.2 Å². The molecule has 6 rings (SSSR count). The van der Waals surface area contributed by atoms with E-state index >= 15 is 0 Å². The summed E-state index contributed by atoms with van der Waals surface area (Å²) in [6.45, 7) is 6.45. The van der Waals surface area contributed by atoms with Gasteiger partial charge in [0.1, 0.15) is 0 Å². The van der Waals surface area contributed by atoms with Gasteiger partial charge in [-0.1, -0.05) is 19.1 Å². The molecule has 6 atom stereocenters. The zero-order valence-corrected chi connectivity index (χ0v) is 9.91. The Morgan fingerprint density at radius 2 is 2.18 bits per heavy atom. The lowest BCUT2D eigenvalue weighted by atomic mass is 9.56. The van der Waals surface area contributed by atoms with Crippen molar-refractivity contribution in [3.05, 3.63) is 12.2 Å². The fourth-order valence-corrected chi connectivity index (χ4v) is 6.64. The van der Waals surface area contributed by atoms with E-state index in [0.717, 1.165) is 6.42 Å². The predicted molar refractivity (Wildman–Crippen MR) is 58.8 cm³/mol. The maximum atomic E-state index is 12.3. The first-order chi connectivity index (χ1) is 7.95. The zero-order chi connectivity index (χ0) is 12.0. The van der Waals surface area contributed by atoms with Crippen molar-refractivity contribution in [2.45, 2.75) is 18.9 Å². The molecule has 5 aliphatic carbocycles. The molecule has 1 aliphatic heterocycles. The van der Waals surface area contributed by atoms with Crippen molar-refractivity contribution in [2.75, 3.05) is 7.05 Å². The number of nitrogens with one attached hydrogen (secondary N) is 1. The summed E-state index contributed by atoms with van der Waals surface area (Å²) in [5.41, 5.74) is 0.911. The molecule has 4 nitrogen and oxygen atoms in total. The first-order valence-electron chi connectivity index (χ1n) is 6.23. The predicted octanol–water partition coefficient (Wildman–Crippen LogP) is 0.749. The Kier molecular flexibility index (Phi) is 0.895. The summed E-state index contributed by atoms with van der Waals surface area (Å²) < 4.78 is 0. The summed E-state index contributed by atoms with van der Waals surface area (Å²) in [5, 5.41) is 2.54. The Balaban J connectivity index is 1.84. The second-order valence-corrected chi connectivity index (χ2v) is 6.62. The van der Waals surface area contributed by atoms with Crippen LogP contribution in [0.15, 0.2) is 12.2 Å². The Bertz CT molecular complexity index is 570. The highest BCUT2D eigenvalue weighted by molar-refractivity contribution is 6.08. The molecule has 0 radical (unpaired) electrons. The number of rotatable bonds is 0. The fourth-order valence-electron chi connectivity index (χ4n) is 6.64. The minimum atomic E-state index is -0.265. The largest absolute Gasteiger partial charge is 0.324 e. The van der Waals surface area contributed by atoms with Gasteiger partial charge < -0.3 is 4.90 Å². The van der Waals surface area contributed by atoms with E-state index in [1.54, 1.807) is 4.90 Å². The monoisotopic (exact) mass is 230 g/mol. The molecule has 17 heavy (non-hydrogen) atoms. The minimum Gasteiger partial charge on any atom is -0.320 e. The molecule has 0 aromatic carbocycles. The summed E-state index contributed by atoms with van der Waals surface area (Å²) >= 11 is 0. The number of hydrogen-bond acceptors (Lipinski definition) is 2. The third-order valence-corrected chi connectivity index (χ3v) is 6.98. The van der Waals surface area contributed by atoms with Crippen LogP contribution in [-0.4, -0.2) is 29.4 Å². The van der Waals surface area contributed by atoms with Gasteiger partial charge in [-0.3, -0.25) is 10.1 Å². The molecule has 6 aliphatic rings. The van der Waals surface area contributed by atoms with Crippen molar-refractivity contribution in [2.24, 2.45) is 28.6 Å². The van der Waals surface area contributed by atoms with E-state index in [2.05, 4.69) is 18.8 Å². The molecular weight excluding hydrogens is 216 g/mol. The van der Waals surface area contributed by atoms with Crippen LogP contribution in [0, 0.1) is 28.6 Å². The summed E-state index contributed by atoms with van der Waals surface area (Å²) in [4.78, 5) is 26.0. The zero-order valence-electron chi connectivity index (χ0n) is 9.91. The molecule has 6 fully saturated rings. The Morgan fingerprint density at radius 1 is 1.47 bits per heavy atom. The molecule has 0 aromatic rings. The summed E-state index contributed by atoms with van der Waals surface area (Å²) in [7, 11) is 1.84. The highest BCUT2D eigenvalue weighted by Gasteiger charge is 3.07. The average molecular weight is 230 g/mol. The SMILES string of the molecule is C=C1C2CC34C1C1C2(C)C13C(=O)NC(=O)N4C. The molecule has 2 spiro atoms. The van der Waals surface area contributed by atoms with Gasteiger partial charge >= 0.3 is 6.03 Å². The topological polar surface area (TPSA) is 49.4 Å². The van der Waals surface area contributed by atoms with Crippen molar-refractivity contribution >= 4 is 11.9 Å².